The Morgan fingerprint density at radius 3 is 2.29 bits per heavy atom. The van der Waals surface area contributed by atoms with Crippen LogP contribution in [0, 0.1) is 0 Å². The maximum Gasteiger partial charge on any atom is 0.348 e. The van der Waals surface area contributed by atoms with E-state index >= 15 is 0 Å². The number of carboxylic acid groups (broad SMARTS) is 1. The Hall–Kier alpha value is -1.56. The molecule has 0 fully saturated rings. The number of hydrogen-bond acceptors (Lipinski definition) is 6. The maximum atomic E-state index is 12.5. The predicted octanol–water partition coefficient (Wildman–Crippen LogP) is 2.49. The summed E-state index contributed by atoms with van der Waals surface area (Å²) >= 11 is 0. The number of aliphatic carboxylic acids is 1. The highest BCUT2D eigenvalue weighted by Gasteiger charge is 2.42. The van der Waals surface area contributed by atoms with E-state index in [1.165, 1.54) is 12.1 Å². The van der Waals surface area contributed by atoms with Gasteiger partial charge in [-0.25, -0.2) is 0 Å². The van der Waals surface area contributed by atoms with E-state index in [1.54, 1.807) is 26.0 Å². The molecule has 1 unspecified atom stereocenters. The van der Waals surface area contributed by atoms with E-state index in [4.69, 9.17) is 13.8 Å². The van der Waals surface area contributed by atoms with Gasteiger partial charge in [0, 0.05) is 0 Å². The number of phenols is 1. The average molecular weight is 318 g/mol. The molecule has 0 aliphatic carbocycles. The van der Waals surface area contributed by atoms with Crippen LogP contribution >= 0.6 is 7.60 Å². The molecular formula is C13H19O7P. The number of benzene rings is 1. The summed E-state index contributed by atoms with van der Waals surface area (Å²) in [5.74, 6) is -1.39. The van der Waals surface area contributed by atoms with Crippen LogP contribution in [0.5, 0.6) is 11.5 Å². The summed E-state index contributed by atoms with van der Waals surface area (Å²) < 4.78 is 27.8. The lowest BCUT2D eigenvalue weighted by molar-refractivity contribution is -0.137. The number of para-hydroxylation sites is 2. The van der Waals surface area contributed by atoms with Gasteiger partial charge in [0.15, 0.2) is 17.2 Å². The Morgan fingerprint density at radius 1 is 1.24 bits per heavy atom. The van der Waals surface area contributed by atoms with Crippen LogP contribution in [0.4, 0.5) is 0 Å². The van der Waals surface area contributed by atoms with Gasteiger partial charge in [0.1, 0.15) is 6.61 Å². The minimum Gasteiger partial charge on any atom is -0.504 e. The Labute approximate surface area is 123 Å². The fourth-order valence-electron chi connectivity index (χ4n) is 1.62. The van der Waals surface area contributed by atoms with Crippen molar-refractivity contribution in [3.63, 3.8) is 0 Å². The zero-order chi connectivity index (χ0) is 15.9. The van der Waals surface area contributed by atoms with Crippen molar-refractivity contribution in [2.24, 2.45) is 0 Å². The lowest BCUT2D eigenvalue weighted by atomic mass is 10.3. The molecule has 118 valence electrons. The second kappa shape index (κ2) is 8.02. The molecule has 1 aromatic carbocycles. The molecule has 1 aromatic rings. The Morgan fingerprint density at radius 2 is 1.81 bits per heavy atom. The largest absolute Gasteiger partial charge is 0.504 e. The van der Waals surface area contributed by atoms with Crippen molar-refractivity contribution in [3.05, 3.63) is 24.3 Å². The first kappa shape index (κ1) is 17.5. The van der Waals surface area contributed by atoms with Gasteiger partial charge < -0.3 is 24.0 Å². The smallest absolute Gasteiger partial charge is 0.348 e. The molecule has 8 heteroatoms. The molecule has 0 aliphatic heterocycles. The van der Waals surface area contributed by atoms with Crippen LogP contribution in [0.3, 0.4) is 0 Å². The molecular weight excluding hydrogens is 299 g/mol. The molecule has 0 spiro atoms. The third kappa shape index (κ3) is 4.74. The third-order valence-corrected chi connectivity index (χ3v) is 4.92. The quantitative estimate of drug-likeness (QED) is 0.674. The van der Waals surface area contributed by atoms with Gasteiger partial charge >= 0.3 is 13.6 Å². The molecule has 7 nitrogen and oxygen atoms in total. The van der Waals surface area contributed by atoms with Crippen LogP contribution in [-0.2, 0) is 18.4 Å². The van der Waals surface area contributed by atoms with E-state index < -0.39 is 25.8 Å². The van der Waals surface area contributed by atoms with Gasteiger partial charge in [-0.3, -0.25) is 9.36 Å². The van der Waals surface area contributed by atoms with Crippen LogP contribution in [0.1, 0.15) is 13.8 Å². The van der Waals surface area contributed by atoms with E-state index in [-0.39, 0.29) is 24.7 Å². The molecule has 0 amide bonds. The number of rotatable bonds is 9. The van der Waals surface area contributed by atoms with Crippen LogP contribution < -0.4 is 4.74 Å². The topological polar surface area (TPSA) is 102 Å². The number of aromatic hydroxyl groups is 1. The molecule has 0 aliphatic rings. The molecule has 0 saturated carbocycles. The standard InChI is InChI=1S/C13H19O7P/c1-3-19-21(17,20-4-2)12(13(15)16)9-18-11-8-6-5-7-10(11)14/h5-8,12,14H,3-4,9H2,1-2H3,(H,15,16). The maximum absolute atomic E-state index is 12.5. The minimum absolute atomic E-state index is 0.0532. The van der Waals surface area contributed by atoms with Crippen LogP contribution in [0.2, 0.25) is 0 Å². The van der Waals surface area contributed by atoms with Crippen molar-refractivity contribution in [1.29, 1.82) is 0 Å². The van der Waals surface area contributed by atoms with Crippen LogP contribution in [0.25, 0.3) is 0 Å². The Kier molecular flexibility index (Phi) is 6.68. The van der Waals surface area contributed by atoms with Crippen molar-refractivity contribution in [2.75, 3.05) is 19.8 Å². The first-order valence-electron chi connectivity index (χ1n) is 6.47. The molecule has 0 bridgehead atoms. The van der Waals surface area contributed by atoms with E-state index in [1.807, 2.05) is 0 Å². The zero-order valence-electron chi connectivity index (χ0n) is 11.9. The van der Waals surface area contributed by atoms with Gasteiger partial charge in [0.2, 0.25) is 0 Å². The molecule has 0 radical (unpaired) electrons. The van der Waals surface area contributed by atoms with E-state index in [9.17, 15) is 19.6 Å². The molecule has 21 heavy (non-hydrogen) atoms. The van der Waals surface area contributed by atoms with Crippen molar-refractivity contribution in [1.82, 2.24) is 0 Å². The summed E-state index contributed by atoms with van der Waals surface area (Å²) in [6.07, 6.45) is 0. The first-order valence-corrected chi connectivity index (χ1v) is 8.08. The normalized spacial score (nSPS) is 12.9. The highest BCUT2D eigenvalue weighted by Crippen LogP contribution is 2.53. The molecule has 2 N–H and O–H groups in total. The number of carbonyl (C=O) groups is 1. The SMILES string of the molecule is CCOP(=O)(OCC)C(COc1ccccc1O)C(=O)O. The van der Waals surface area contributed by atoms with Gasteiger partial charge in [-0.1, -0.05) is 12.1 Å². The Bertz CT molecular complexity index is 507. The third-order valence-electron chi connectivity index (χ3n) is 2.55. The minimum atomic E-state index is -3.84. The summed E-state index contributed by atoms with van der Waals surface area (Å²) in [6.45, 7) is 2.85. The zero-order valence-corrected chi connectivity index (χ0v) is 12.8. The monoisotopic (exact) mass is 318 g/mol. The van der Waals surface area contributed by atoms with E-state index in [0.717, 1.165) is 0 Å². The highest BCUT2D eigenvalue weighted by atomic mass is 31.2. The second-order valence-corrected chi connectivity index (χ2v) is 6.23. The Balaban J connectivity index is 2.89. The fourth-order valence-corrected chi connectivity index (χ4v) is 3.30. The molecule has 1 rings (SSSR count). The van der Waals surface area contributed by atoms with Gasteiger partial charge in [-0.05, 0) is 26.0 Å². The molecule has 0 saturated heterocycles. The number of ether oxygens (including phenoxy) is 1. The van der Waals surface area contributed by atoms with E-state index in [0.29, 0.717) is 0 Å². The summed E-state index contributed by atoms with van der Waals surface area (Å²) in [7, 11) is -3.84. The van der Waals surface area contributed by atoms with Gasteiger partial charge in [-0.2, -0.15) is 0 Å². The summed E-state index contributed by atoms with van der Waals surface area (Å²) in [5, 5.41) is 18.8. The van der Waals surface area contributed by atoms with Crippen molar-refractivity contribution in [2.45, 2.75) is 19.5 Å². The van der Waals surface area contributed by atoms with Crippen molar-refractivity contribution in [3.8, 4) is 11.5 Å². The number of carboxylic acids is 1. The first-order chi connectivity index (χ1) is 9.94. The summed E-state index contributed by atoms with van der Waals surface area (Å²) in [6, 6.07) is 6.09. The van der Waals surface area contributed by atoms with Crippen molar-refractivity contribution >= 4 is 13.6 Å². The molecule has 0 heterocycles. The van der Waals surface area contributed by atoms with E-state index in [2.05, 4.69) is 0 Å². The number of phenolic OH excluding ortho intramolecular Hbond substituents is 1. The second-order valence-electron chi connectivity index (χ2n) is 4.01. The van der Waals surface area contributed by atoms with Gasteiger partial charge in [0.25, 0.3) is 0 Å². The van der Waals surface area contributed by atoms with Crippen LogP contribution in [-0.4, -0.2) is 41.7 Å². The molecule has 1 atom stereocenters. The summed E-state index contributed by atoms with van der Waals surface area (Å²) in [4.78, 5) is 11.3. The predicted molar refractivity (Wildman–Crippen MR) is 75.9 cm³/mol. The lowest BCUT2D eigenvalue weighted by Gasteiger charge is -2.23. The van der Waals surface area contributed by atoms with Gasteiger partial charge in [-0.15, -0.1) is 0 Å². The van der Waals surface area contributed by atoms with Gasteiger partial charge in [0.05, 0.1) is 13.2 Å². The molecule has 0 aromatic heterocycles. The highest BCUT2D eigenvalue weighted by molar-refractivity contribution is 7.55. The van der Waals surface area contributed by atoms with Crippen molar-refractivity contribution < 1.29 is 33.4 Å². The van der Waals surface area contributed by atoms with Crippen LogP contribution in [0.15, 0.2) is 24.3 Å². The number of hydrogen-bond donors (Lipinski definition) is 2. The fraction of sp³-hybridized carbons (Fsp3) is 0.462. The summed E-state index contributed by atoms with van der Waals surface area (Å²) in [5.41, 5.74) is -1.47. The average Bonchev–Trinajstić information content (AvgIpc) is 2.41. The lowest BCUT2D eigenvalue weighted by Crippen LogP contribution is -2.29.